The highest BCUT2D eigenvalue weighted by atomic mass is 28.3. The summed E-state index contributed by atoms with van der Waals surface area (Å²) in [4.78, 5) is 51.7. The Hall–Kier alpha value is -4.80. The Balaban J connectivity index is 0.000000247. The Bertz CT molecular complexity index is 2390. The highest BCUT2D eigenvalue weighted by Crippen LogP contribution is 2.43. The van der Waals surface area contributed by atoms with Crippen LogP contribution in [0.4, 0.5) is 18.4 Å². The molecular formula is C52H72F2N4O6Si2. The van der Waals surface area contributed by atoms with E-state index in [2.05, 4.69) is 80.8 Å². The van der Waals surface area contributed by atoms with Gasteiger partial charge in [-0.2, -0.15) is 0 Å². The zero-order valence-electron chi connectivity index (χ0n) is 41.7. The van der Waals surface area contributed by atoms with Crippen LogP contribution in [0.25, 0.3) is 22.3 Å². The molecule has 2 aromatic heterocycles. The van der Waals surface area contributed by atoms with Crippen LogP contribution in [0, 0.1) is 11.6 Å². The molecule has 0 spiro atoms. The van der Waals surface area contributed by atoms with Crippen LogP contribution in [0.5, 0.6) is 0 Å². The lowest BCUT2D eigenvalue weighted by Crippen LogP contribution is -2.46. The number of hydrogen-bond acceptors (Lipinski definition) is 8. The smallest absolute Gasteiger partial charge is 0.410 e. The molecule has 0 atom stereocenters. The molecule has 1 N–H and O–H groups in total. The SMILES string of the molecule is CC(C)c1nc2c(c(-c3ccc(F)cc3)c1C=O)CN(C(=O)OCC[Si](C)(C)C)CC2(C)C.CC(C)c1nc2c(c(-c3ccc(F)cc3)c1CO)CN(C(=O)OCC[Si](C)(C)C)CC2(C)C. The third-order valence-corrected chi connectivity index (χ3v) is 15.7. The monoisotopic (exact) mass is 942 g/mol. The van der Waals surface area contributed by atoms with Crippen LogP contribution in [-0.2, 0) is 40.0 Å². The molecule has 14 heteroatoms. The molecule has 2 aliphatic heterocycles. The number of fused-ring (bicyclic) bond motifs is 2. The summed E-state index contributed by atoms with van der Waals surface area (Å²) < 4.78 is 38.6. The van der Waals surface area contributed by atoms with E-state index < -0.39 is 27.0 Å². The van der Waals surface area contributed by atoms with Crippen LogP contribution in [-0.4, -0.2) is 85.8 Å². The zero-order valence-corrected chi connectivity index (χ0v) is 43.7. The lowest BCUT2D eigenvalue weighted by Gasteiger charge is -2.40. The first-order valence-electron chi connectivity index (χ1n) is 23.2. The van der Waals surface area contributed by atoms with Gasteiger partial charge in [-0.1, -0.05) is 119 Å². The van der Waals surface area contributed by atoms with Crippen LogP contribution in [0.15, 0.2) is 48.5 Å². The van der Waals surface area contributed by atoms with E-state index in [0.717, 1.165) is 80.1 Å². The van der Waals surface area contributed by atoms with Gasteiger partial charge in [-0.15, -0.1) is 0 Å². The average molecular weight is 943 g/mol. The van der Waals surface area contributed by atoms with Gasteiger partial charge in [-0.05, 0) is 64.9 Å². The number of nitrogens with zero attached hydrogens (tertiary/aromatic N) is 4. The van der Waals surface area contributed by atoms with E-state index in [1.165, 1.54) is 24.3 Å². The molecule has 0 radical (unpaired) electrons. The van der Waals surface area contributed by atoms with Crippen molar-refractivity contribution in [3.63, 3.8) is 0 Å². The van der Waals surface area contributed by atoms with E-state index in [0.29, 0.717) is 45.0 Å². The summed E-state index contributed by atoms with van der Waals surface area (Å²) in [5.41, 5.74) is 8.61. The predicted molar refractivity (Wildman–Crippen MR) is 265 cm³/mol. The molecule has 2 aliphatic rings. The second-order valence-corrected chi connectivity index (χ2v) is 33.5. The van der Waals surface area contributed by atoms with Crippen LogP contribution in [0.3, 0.4) is 0 Å². The van der Waals surface area contributed by atoms with Crippen LogP contribution >= 0.6 is 0 Å². The minimum absolute atomic E-state index is 0.0371. The van der Waals surface area contributed by atoms with Crippen molar-refractivity contribution in [2.24, 2.45) is 0 Å². The van der Waals surface area contributed by atoms with Gasteiger partial charge in [0.1, 0.15) is 11.6 Å². The number of aromatic nitrogens is 2. The van der Waals surface area contributed by atoms with Crippen molar-refractivity contribution in [2.75, 3.05) is 26.3 Å². The van der Waals surface area contributed by atoms with Crippen molar-refractivity contribution in [1.29, 1.82) is 0 Å². The van der Waals surface area contributed by atoms with Gasteiger partial charge in [-0.3, -0.25) is 14.8 Å². The van der Waals surface area contributed by atoms with Gasteiger partial charge >= 0.3 is 12.2 Å². The van der Waals surface area contributed by atoms with Crippen molar-refractivity contribution < 1.29 is 37.7 Å². The number of amides is 2. The predicted octanol–water partition coefficient (Wildman–Crippen LogP) is 12.5. The fourth-order valence-corrected chi connectivity index (χ4v) is 10.2. The highest BCUT2D eigenvalue weighted by Gasteiger charge is 2.41. The molecule has 0 fully saturated rings. The van der Waals surface area contributed by atoms with Crippen LogP contribution in [0.2, 0.25) is 51.4 Å². The van der Waals surface area contributed by atoms with Crippen molar-refractivity contribution in [1.82, 2.24) is 19.8 Å². The number of carbonyl (C=O) groups is 3. The van der Waals surface area contributed by atoms with Crippen molar-refractivity contribution in [3.8, 4) is 22.3 Å². The Morgan fingerprint density at radius 2 is 1.06 bits per heavy atom. The summed E-state index contributed by atoms with van der Waals surface area (Å²) in [6.45, 7) is 32.2. The fourth-order valence-electron chi connectivity index (χ4n) is 8.80. The second kappa shape index (κ2) is 20.6. The Kier molecular flexibility index (Phi) is 16.3. The van der Waals surface area contributed by atoms with Crippen LogP contribution < -0.4 is 0 Å². The highest BCUT2D eigenvalue weighted by molar-refractivity contribution is 6.76. The quantitative estimate of drug-likeness (QED) is 0.110. The van der Waals surface area contributed by atoms with E-state index >= 15 is 0 Å². The first-order valence-corrected chi connectivity index (χ1v) is 30.6. The summed E-state index contributed by atoms with van der Waals surface area (Å²) in [7, 11) is -2.63. The summed E-state index contributed by atoms with van der Waals surface area (Å²) in [5.74, 6) is -0.511. The molecule has 10 nitrogen and oxygen atoms in total. The Morgan fingerprint density at radius 1 is 0.682 bits per heavy atom. The maximum atomic E-state index is 13.7. The van der Waals surface area contributed by atoms with E-state index in [1.54, 1.807) is 34.1 Å². The zero-order chi connectivity index (χ0) is 49.1. The lowest BCUT2D eigenvalue weighted by atomic mass is 9.78. The molecule has 358 valence electrons. The maximum Gasteiger partial charge on any atom is 0.410 e. The largest absolute Gasteiger partial charge is 0.450 e. The number of pyridine rings is 2. The van der Waals surface area contributed by atoms with Crippen molar-refractivity contribution in [3.05, 3.63) is 105 Å². The van der Waals surface area contributed by atoms with E-state index in [-0.39, 0.29) is 42.3 Å². The van der Waals surface area contributed by atoms with Crippen molar-refractivity contribution in [2.45, 2.75) is 149 Å². The lowest BCUT2D eigenvalue weighted by molar-refractivity contribution is 0.0900. The number of halogens is 2. The Labute approximate surface area is 393 Å². The first-order chi connectivity index (χ1) is 30.7. The number of benzene rings is 2. The van der Waals surface area contributed by atoms with Gasteiger partial charge in [0.25, 0.3) is 0 Å². The molecule has 66 heavy (non-hydrogen) atoms. The molecule has 0 unspecified atom stereocenters. The molecular weight excluding hydrogens is 871 g/mol. The fraction of sp³-hybridized carbons (Fsp3) is 0.519. The standard InChI is InChI=1S/C26H37FN2O3Si.C26H35FN2O3Si/c2*1-17(2)23-21(15-30)22(18-8-10-19(27)11-9-18)20-14-29(16-26(3,4)24(20)28-23)25(31)32-12-13-33(5,6)7/h8-11,17,30H,12-16H2,1-7H3;8-11,15,17H,12-14,16H2,1-7H3. The minimum atomic E-state index is -1.32. The molecule has 0 saturated carbocycles. The van der Waals surface area contributed by atoms with Gasteiger partial charge in [0, 0.05) is 73.6 Å². The maximum absolute atomic E-state index is 13.7. The number of ether oxygens (including phenoxy) is 2. The molecule has 6 rings (SSSR count). The number of aliphatic hydroxyl groups excluding tert-OH is 1. The first kappa shape index (κ1) is 52.2. The molecule has 0 saturated heterocycles. The summed E-state index contributed by atoms with van der Waals surface area (Å²) in [6, 6.07) is 14.3. The second-order valence-electron chi connectivity index (χ2n) is 22.2. The third kappa shape index (κ3) is 12.4. The molecule has 2 aromatic carbocycles. The third-order valence-electron chi connectivity index (χ3n) is 12.3. The average Bonchev–Trinajstić information content (AvgIpc) is 3.21. The number of aldehydes is 1. The van der Waals surface area contributed by atoms with Gasteiger partial charge in [-0.25, -0.2) is 18.4 Å². The molecule has 0 aliphatic carbocycles. The van der Waals surface area contributed by atoms with E-state index in [9.17, 15) is 28.3 Å². The van der Waals surface area contributed by atoms with Gasteiger partial charge in [0.15, 0.2) is 6.29 Å². The van der Waals surface area contributed by atoms with Gasteiger partial charge in [0.05, 0.1) is 50.0 Å². The minimum Gasteiger partial charge on any atom is -0.450 e. The van der Waals surface area contributed by atoms with Crippen LogP contribution in [0.1, 0.15) is 117 Å². The van der Waals surface area contributed by atoms with E-state index in [4.69, 9.17) is 19.4 Å². The molecule has 4 heterocycles. The number of hydrogen-bond donors (Lipinski definition) is 1. The Morgan fingerprint density at radius 3 is 1.42 bits per heavy atom. The number of rotatable bonds is 12. The number of aliphatic hydroxyl groups is 1. The van der Waals surface area contributed by atoms with Crippen molar-refractivity contribution >= 4 is 34.6 Å². The summed E-state index contributed by atoms with van der Waals surface area (Å²) in [5, 5.41) is 10.3. The van der Waals surface area contributed by atoms with Gasteiger partial charge < -0.3 is 24.4 Å². The van der Waals surface area contributed by atoms with E-state index in [1.807, 2.05) is 13.8 Å². The number of carbonyl (C=O) groups excluding carboxylic acids is 3. The molecule has 4 aromatic rings. The van der Waals surface area contributed by atoms with Gasteiger partial charge in [0.2, 0.25) is 0 Å². The summed E-state index contributed by atoms with van der Waals surface area (Å²) in [6.07, 6.45) is 0.160. The molecule has 2 amide bonds. The topological polar surface area (TPSA) is 122 Å². The summed E-state index contributed by atoms with van der Waals surface area (Å²) >= 11 is 0. The molecule has 0 bridgehead atoms. The normalized spacial score (nSPS) is 15.4.